The Balaban J connectivity index is 2.81. The third kappa shape index (κ3) is 6.58. The number of nitrogens with zero attached hydrogens (tertiary/aromatic N) is 1. The van der Waals surface area contributed by atoms with Gasteiger partial charge in [0.25, 0.3) is 0 Å². The number of ether oxygens (including phenoxy) is 1. The van der Waals surface area contributed by atoms with Crippen molar-refractivity contribution in [3.63, 3.8) is 0 Å². The van der Waals surface area contributed by atoms with E-state index in [1.807, 2.05) is 25.1 Å². The van der Waals surface area contributed by atoms with Crippen LogP contribution in [0.1, 0.15) is 39.2 Å². The van der Waals surface area contributed by atoms with Gasteiger partial charge in [-0.3, -0.25) is 9.69 Å². The van der Waals surface area contributed by atoms with E-state index in [1.165, 1.54) is 5.56 Å². The van der Waals surface area contributed by atoms with Crippen LogP contribution in [-0.2, 0) is 16.1 Å². The number of aliphatic hydroxyl groups excluding tert-OH is 1. The van der Waals surface area contributed by atoms with Crippen LogP contribution in [0.5, 0.6) is 0 Å². The molecule has 124 valence electrons. The Morgan fingerprint density at radius 3 is 2.50 bits per heavy atom. The fourth-order valence-corrected chi connectivity index (χ4v) is 2.63. The SMILES string of the molecule is CCOC(=O)CC(C(C)C)N(CCCO)Cc1ccccc1. The van der Waals surface area contributed by atoms with Crippen molar-refractivity contribution in [3.8, 4) is 0 Å². The minimum atomic E-state index is -0.150. The van der Waals surface area contributed by atoms with Crippen LogP contribution in [0.25, 0.3) is 0 Å². The number of hydrogen-bond acceptors (Lipinski definition) is 4. The van der Waals surface area contributed by atoms with Crippen molar-refractivity contribution in [2.24, 2.45) is 5.92 Å². The van der Waals surface area contributed by atoms with Crippen molar-refractivity contribution in [2.45, 2.75) is 46.2 Å². The van der Waals surface area contributed by atoms with E-state index in [-0.39, 0.29) is 18.6 Å². The average Bonchev–Trinajstić information content (AvgIpc) is 2.50. The maximum atomic E-state index is 11.9. The predicted octanol–water partition coefficient (Wildman–Crippen LogP) is 2.85. The van der Waals surface area contributed by atoms with Gasteiger partial charge in [-0.25, -0.2) is 0 Å². The Bertz CT molecular complexity index is 420. The molecule has 0 aliphatic heterocycles. The van der Waals surface area contributed by atoms with Gasteiger partial charge in [0.1, 0.15) is 0 Å². The lowest BCUT2D eigenvalue weighted by Gasteiger charge is -2.34. The lowest BCUT2D eigenvalue weighted by Crippen LogP contribution is -2.41. The highest BCUT2D eigenvalue weighted by Crippen LogP contribution is 2.19. The van der Waals surface area contributed by atoms with E-state index in [0.717, 1.165) is 13.1 Å². The van der Waals surface area contributed by atoms with Crippen LogP contribution in [0.4, 0.5) is 0 Å². The fourth-order valence-electron chi connectivity index (χ4n) is 2.63. The van der Waals surface area contributed by atoms with E-state index in [9.17, 15) is 4.79 Å². The van der Waals surface area contributed by atoms with E-state index >= 15 is 0 Å². The van der Waals surface area contributed by atoms with Gasteiger partial charge in [-0.05, 0) is 24.8 Å². The Labute approximate surface area is 134 Å². The summed E-state index contributed by atoms with van der Waals surface area (Å²) in [6.45, 7) is 8.21. The van der Waals surface area contributed by atoms with Crippen LogP contribution >= 0.6 is 0 Å². The first-order chi connectivity index (χ1) is 10.6. The number of hydrogen-bond donors (Lipinski definition) is 1. The summed E-state index contributed by atoms with van der Waals surface area (Å²) in [4.78, 5) is 14.2. The zero-order chi connectivity index (χ0) is 16.4. The van der Waals surface area contributed by atoms with Gasteiger partial charge in [0.05, 0.1) is 13.0 Å². The summed E-state index contributed by atoms with van der Waals surface area (Å²) in [7, 11) is 0. The standard InChI is InChI=1S/C18H29NO3/c1-4-22-18(21)13-17(15(2)3)19(11-8-12-20)14-16-9-6-5-7-10-16/h5-7,9-10,15,17,20H,4,8,11-14H2,1-3H3. The highest BCUT2D eigenvalue weighted by Gasteiger charge is 2.25. The van der Waals surface area contributed by atoms with Crippen LogP contribution in [0.2, 0.25) is 0 Å². The molecular formula is C18H29NO3. The molecule has 0 aromatic heterocycles. The quantitative estimate of drug-likeness (QED) is 0.675. The number of carbonyl (C=O) groups is 1. The highest BCUT2D eigenvalue weighted by atomic mass is 16.5. The van der Waals surface area contributed by atoms with E-state index in [2.05, 4.69) is 30.9 Å². The van der Waals surface area contributed by atoms with Gasteiger partial charge in [-0.15, -0.1) is 0 Å². The zero-order valence-electron chi connectivity index (χ0n) is 14.0. The lowest BCUT2D eigenvalue weighted by molar-refractivity contribution is -0.145. The molecule has 0 aliphatic carbocycles. The van der Waals surface area contributed by atoms with Crippen molar-refractivity contribution in [1.29, 1.82) is 0 Å². The molecule has 4 heteroatoms. The maximum Gasteiger partial charge on any atom is 0.307 e. The van der Waals surface area contributed by atoms with E-state index < -0.39 is 0 Å². The Morgan fingerprint density at radius 1 is 1.27 bits per heavy atom. The van der Waals surface area contributed by atoms with Crippen LogP contribution in [0, 0.1) is 5.92 Å². The van der Waals surface area contributed by atoms with Crippen LogP contribution in [0.3, 0.4) is 0 Å². The molecule has 1 atom stereocenters. The van der Waals surface area contributed by atoms with Gasteiger partial charge in [-0.2, -0.15) is 0 Å². The lowest BCUT2D eigenvalue weighted by atomic mass is 9.98. The van der Waals surface area contributed by atoms with Crippen molar-refractivity contribution < 1.29 is 14.6 Å². The largest absolute Gasteiger partial charge is 0.466 e. The first-order valence-corrected chi connectivity index (χ1v) is 8.12. The summed E-state index contributed by atoms with van der Waals surface area (Å²) in [5.41, 5.74) is 1.22. The number of benzene rings is 1. The second-order valence-electron chi connectivity index (χ2n) is 5.85. The average molecular weight is 307 g/mol. The molecule has 0 bridgehead atoms. The molecule has 0 radical (unpaired) electrons. The van der Waals surface area contributed by atoms with Crippen molar-refractivity contribution in [1.82, 2.24) is 4.90 Å². The molecule has 0 aliphatic rings. The van der Waals surface area contributed by atoms with Gasteiger partial charge in [0, 0.05) is 25.7 Å². The van der Waals surface area contributed by atoms with Crippen LogP contribution in [0.15, 0.2) is 30.3 Å². The Hall–Kier alpha value is -1.39. The molecule has 4 nitrogen and oxygen atoms in total. The van der Waals surface area contributed by atoms with Crippen LogP contribution < -0.4 is 0 Å². The topological polar surface area (TPSA) is 49.8 Å². The zero-order valence-corrected chi connectivity index (χ0v) is 14.0. The number of aliphatic hydroxyl groups is 1. The molecule has 1 N–H and O–H groups in total. The number of carbonyl (C=O) groups excluding carboxylic acids is 1. The van der Waals surface area contributed by atoms with Gasteiger partial charge in [0.15, 0.2) is 0 Å². The maximum absolute atomic E-state index is 11.9. The molecule has 0 saturated carbocycles. The molecule has 22 heavy (non-hydrogen) atoms. The van der Waals surface area contributed by atoms with Crippen molar-refractivity contribution in [2.75, 3.05) is 19.8 Å². The van der Waals surface area contributed by atoms with E-state index in [1.54, 1.807) is 0 Å². The molecule has 0 heterocycles. The summed E-state index contributed by atoms with van der Waals surface area (Å²) in [5.74, 6) is 0.190. The second-order valence-corrected chi connectivity index (χ2v) is 5.85. The Morgan fingerprint density at radius 2 is 1.95 bits per heavy atom. The molecule has 1 aromatic carbocycles. The van der Waals surface area contributed by atoms with Crippen molar-refractivity contribution in [3.05, 3.63) is 35.9 Å². The molecule has 1 aromatic rings. The molecule has 0 fully saturated rings. The van der Waals surface area contributed by atoms with E-state index in [0.29, 0.717) is 25.4 Å². The molecular weight excluding hydrogens is 278 g/mol. The molecule has 0 saturated heterocycles. The van der Waals surface area contributed by atoms with Gasteiger partial charge >= 0.3 is 5.97 Å². The van der Waals surface area contributed by atoms with Gasteiger partial charge < -0.3 is 9.84 Å². The number of rotatable bonds is 10. The van der Waals surface area contributed by atoms with E-state index in [4.69, 9.17) is 9.84 Å². The summed E-state index contributed by atoms with van der Waals surface area (Å²) in [6, 6.07) is 10.3. The second kappa shape index (κ2) is 10.4. The molecule has 0 amide bonds. The minimum Gasteiger partial charge on any atom is -0.466 e. The fraction of sp³-hybridized carbons (Fsp3) is 0.611. The summed E-state index contributed by atoms with van der Waals surface area (Å²) in [6.07, 6.45) is 1.10. The molecule has 0 spiro atoms. The summed E-state index contributed by atoms with van der Waals surface area (Å²) in [5, 5.41) is 9.15. The third-order valence-electron chi connectivity index (χ3n) is 3.75. The van der Waals surface area contributed by atoms with Gasteiger partial charge in [0.2, 0.25) is 0 Å². The predicted molar refractivity (Wildman–Crippen MR) is 88.4 cm³/mol. The summed E-state index contributed by atoms with van der Waals surface area (Å²) >= 11 is 0. The smallest absolute Gasteiger partial charge is 0.307 e. The molecule has 1 rings (SSSR count). The summed E-state index contributed by atoms with van der Waals surface area (Å²) < 4.78 is 5.11. The first-order valence-electron chi connectivity index (χ1n) is 8.12. The minimum absolute atomic E-state index is 0.116. The normalized spacial score (nSPS) is 12.6. The molecule has 1 unspecified atom stereocenters. The monoisotopic (exact) mass is 307 g/mol. The van der Waals surface area contributed by atoms with Crippen molar-refractivity contribution >= 4 is 5.97 Å². The number of esters is 1. The van der Waals surface area contributed by atoms with Crippen LogP contribution in [-0.4, -0.2) is 41.8 Å². The third-order valence-corrected chi connectivity index (χ3v) is 3.75. The highest BCUT2D eigenvalue weighted by molar-refractivity contribution is 5.70. The Kier molecular flexibility index (Phi) is 8.78. The van der Waals surface area contributed by atoms with Gasteiger partial charge in [-0.1, -0.05) is 44.2 Å². The first kappa shape index (κ1) is 18.7.